The molecule has 2 heterocycles. The molecular formula is C19H26O6. The third-order valence-corrected chi connectivity index (χ3v) is 5.47. The summed E-state index contributed by atoms with van der Waals surface area (Å²) in [6.07, 6.45) is 1.64. The summed E-state index contributed by atoms with van der Waals surface area (Å²) in [6.45, 7) is 11.0. The largest absolute Gasteiger partial charge is 0.458 e. The third-order valence-electron chi connectivity index (χ3n) is 5.47. The van der Waals surface area contributed by atoms with E-state index in [1.165, 1.54) is 0 Å². The lowest BCUT2D eigenvalue weighted by atomic mass is 9.78. The van der Waals surface area contributed by atoms with Gasteiger partial charge in [-0.3, -0.25) is 4.79 Å². The van der Waals surface area contributed by atoms with Gasteiger partial charge in [0.15, 0.2) is 11.7 Å². The predicted molar refractivity (Wildman–Crippen MR) is 89.6 cm³/mol. The molecule has 0 aromatic heterocycles. The molecule has 0 amide bonds. The molecule has 0 bridgehead atoms. The van der Waals surface area contributed by atoms with Crippen LogP contribution in [0.5, 0.6) is 0 Å². The highest BCUT2D eigenvalue weighted by Gasteiger charge is 2.69. The molecule has 3 rings (SSSR count). The van der Waals surface area contributed by atoms with Crippen LogP contribution in [-0.4, -0.2) is 46.6 Å². The number of hydrogen-bond donors (Lipinski definition) is 1. The van der Waals surface area contributed by atoms with Gasteiger partial charge >= 0.3 is 11.9 Å². The Hall–Kier alpha value is -1.66. The highest BCUT2D eigenvalue weighted by molar-refractivity contribution is 5.93. The van der Waals surface area contributed by atoms with E-state index < -0.39 is 41.5 Å². The standard InChI is InChI=1S/C19H26O6/c1-10(2)16(20)23-13-9-11(3)7-6-8-18(5)14(25-18)15-19(13,22)12(4)17(21)24-15/h7,10,13-15,22H,4,6,8-9H2,1-3,5H3/b11-7+/t13-,14-,15+,18-,19-/m0/s1. The van der Waals surface area contributed by atoms with Crippen LogP contribution in [0.2, 0.25) is 0 Å². The maximum atomic E-state index is 12.2. The van der Waals surface area contributed by atoms with Crippen LogP contribution in [0.4, 0.5) is 0 Å². The lowest BCUT2D eigenvalue weighted by molar-refractivity contribution is -0.173. The van der Waals surface area contributed by atoms with Crippen LogP contribution in [-0.2, 0) is 23.8 Å². The van der Waals surface area contributed by atoms with E-state index in [-0.39, 0.29) is 11.5 Å². The van der Waals surface area contributed by atoms with Gasteiger partial charge < -0.3 is 19.3 Å². The average molecular weight is 350 g/mol. The van der Waals surface area contributed by atoms with E-state index in [0.717, 1.165) is 18.4 Å². The normalized spacial score (nSPS) is 42.8. The Bertz CT molecular complexity index is 650. The summed E-state index contributed by atoms with van der Waals surface area (Å²) in [7, 11) is 0. The molecular weight excluding hydrogens is 324 g/mol. The number of rotatable bonds is 2. The lowest BCUT2D eigenvalue weighted by Gasteiger charge is -2.36. The van der Waals surface area contributed by atoms with Gasteiger partial charge in [0.1, 0.15) is 12.2 Å². The first-order valence-corrected chi connectivity index (χ1v) is 8.76. The first-order chi connectivity index (χ1) is 11.6. The Labute approximate surface area is 147 Å². The first-order valence-electron chi connectivity index (χ1n) is 8.76. The molecule has 2 aliphatic heterocycles. The van der Waals surface area contributed by atoms with Crippen molar-refractivity contribution in [3.05, 3.63) is 23.8 Å². The summed E-state index contributed by atoms with van der Waals surface area (Å²) in [5.41, 5.74) is -1.37. The molecule has 2 saturated heterocycles. The van der Waals surface area contributed by atoms with Crippen LogP contribution in [0, 0.1) is 5.92 Å². The minimum atomic E-state index is -1.80. The molecule has 0 saturated carbocycles. The summed E-state index contributed by atoms with van der Waals surface area (Å²) >= 11 is 0. The molecule has 138 valence electrons. The topological polar surface area (TPSA) is 85.4 Å². The number of carbonyl (C=O) groups excluding carboxylic acids is 2. The molecule has 6 heteroatoms. The van der Waals surface area contributed by atoms with E-state index in [2.05, 4.69) is 12.7 Å². The van der Waals surface area contributed by atoms with Crippen molar-refractivity contribution >= 4 is 11.9 Å². The maximum absolute atomic E-state index is 12.2. The minimum absolute atomic E-state index is 0.0784. The molecule has 0 spiro atoms. The molecule has 0 aromatic rings. The van der Waals surface area contributed by atoms with Crippen molar-refractivity contribution < 1.29 is 28.9 Å². The summed E-state index contributed by atoms with van der Waals surface area (Å²) < 4.78 is 16.8. The van der Waals surface area contributed by atoms with E-state index in [9.17, 15) is 14.7 Å². The quantitative estimate of drug-likeness (QED) is 0.355. The zero-order chi connectivity index (χ0) is 18.6. The number of hydrogen-bond acceptors (Lipinski definition) is 6. The van der Waals surface area contributed by atoms with Gasteiger partial charge in [-0.25, -0.2) is 4.79 Å². The average Bonchev–Trinajstić information content (AvgIpc) is 3.13. The number of epoxide rings is 1. The molecule has 3 aliphatic rings. The maximum Gasteiger partial charge on any atom is 0.337 e. The molecule has 0 unspecified atom stereocenters. The van der Waals surface area contributed by atoms with E-state index in [1.54, 1.807) is 13.8 Å². The molecule has 1 N–H and O–H groups in total. The van der Waals surface area contributed by atoms with Crippen molar-refractivity contribution in [2.75, 3.05) is 0 Å². The highest BCUT2D eigenvalue weighted by atomic mass is 16.7. The van der Waals surface area contributed by atoms with E-state index >= 15 is 0 Å². The number of aliphatic hydroxyl groups is 1. The van der Waals surface area contributed by atoms with Crippen LogP contribution in [0.15, 0.2) is 23.8 Å². The molecule has 25 heavy (non-hydrogen) atoms. The van der Waals surface area contributed by atoms with Gasteiger partial charge in [0.05, 0.1) is 17.1 Å². The van der Waals surface area contributed by atoms with Crippen molar-refractivity contribution in [2.45, 2.75) is 76.5 Å². The van der Waals surface area contributed by atoms with Gasteiger partial charge in [0.2, 0.25) is 0 Å². The van der Waals surface area contributed by atoms with Gasteiger partial charge in [-0.2, -0.15) is 0 Å². The van der Waals surface area contributed by atoms with Crippen LogP contribution in [0.25, 0.3) is 0 Å². The van der Waals surface area contributed by atoms with Gasteiger partial charge in [0.25, 0.3) is 0 Å². The van der Waals surface area contributed by atoms with Crippen molar-refractivity contribution in [1.29, 1.82) is 0 Å². The lowest BCUT2D eigenvalue weighted by Crippen LogP contribution is -2.55. The minimum Gasteiger partial charge on any atom is -0.458 e. The number of ether oxygens (including phenoxy) is 3. The van der Waals surface area contributed by atoms with Gasteiger partial charge in [-0.05, 0) is 26.7 Å². The Balaban J connectivity index is 2.02. The van der Waals surface area contributed by atoms with Crippen molar-refractivity contribution in [3.8, 4) is 0 Å². The van der Waals surface area contributed by atoms with Crippen molar-refractivity contribution in [1.82, 2.24) is 0 Å². The zero-order valence-electron chi connectivity index (χ0n) is 15.2. The number of allylic oxidation sites excluding steroid dienone is 1. The number of esters is 2. The van der Waals surface area contributed by atoms with Gasteiger partial charge in [0, 0.05) is 6.42 Å². The molecule has 6 nitrogen and oxygen atoms in total. The van der Waals surface area contributed by atoms with E-state index in [4.69, 9.17) is 14.2 Å². The fraction of sp³-hybridized carbons (Fsp3) is 0.684. The predicted octanol–water partition coefficient (Wildman–Crippen LogP) is 2.05. The van der Waals surface area contributed by atoms with Crippen molar-refractivity contribution in [2.24, 2.45) is 5.92 Å². The van der Waals surface area contributed by atoms with Crippen LogP contribution >= 0.6 is 0 Å². The summed E-state index contributed by atoms with van der Waals surface area (Å²) in [5, 5.41) is 11.5. The SMILES string of the molecule is C=C1C(=O)O[C@@H]2[C@@H]3O[C@@]3(C)CC/C=C(\C)C[C@H](OC(=O)C(C)C)[C@@]12O. The smallest absolute Gasteiger partial charge is 0.337 e. The summed E-state index contributed by atoms with van der Waals surface area (Å²) in [5.74, 6) is -1.46. The summed E-state index contributed by atoms with van der Waals surface area (Å²) in [6, 6.07) is 0. The van der Waals surface area contributed by atoms with Gasteiger partial charge in [-0.1, -0.05) is 32.1 Å². The Morgan fingerprint density at radius 2 is 2.12 bits per heavy atom. The Kier molecular flexibility index (Phi) is 4.32. The second-order valence-electron chi connectivity index (χ2n) is 7.85. The third kappa shape index (κ3) is 2.91. The number of carbonyl (C=O) groups is 2. The van der Waals surface area contributed by atoms with E-state index in [1.807, 2.05) is 13.8 Å². The highest BCUT2D eigenvalue weighted by Crippen LogP contribution is 2.52. The molecule has 5 atom stereocenters. The van der Waals surface area contributed by atoms with Crippen LogP contribution < -0.4 is 0 Å². The van der Waals surface area contributed by atoms with E-state index in [0.29, 0.717) is 6.42 Å². The molecule has 0 aromatic carbocycles. The Morgan fingerprint density at radius 3 is 2.76 bits per heavy atom. The van der Waals surface area contributed by atoms with Crippen molar-refractivity contribution in [3.63, 3.8) is 0 Å². The molecule has 1 aliphatic carbocycles. The summed E-state index contributed by atoms with van der Waals surface area (Å²) in [4.78, 5) is 24.4. The molecule has 0 radical (unpaired) electrons. The molecule has 2 fully saturated rings. The van der Waals surface area contributed by atoms with Crippen LogP contribution in [0.1, 0.15) is 47.0 Å². The Morgan fingerprint density at radius 1 is 1.44 bits per heavy atom. The fourth-order valence-electron chi connectivity index (χ4n) is 3.67. The second-order valence-corrected chi connectivity index (χ2v) is 7.85. The second kappa shape index (κ2) is 5.95. The number of fused-ring (bicyclic) bond motifs is 3. The first kappa shape index (κ1) is 18.1. The zero-order valence-corrected chi connectivity index (χ0v) is 15.2. The fourth-order valence-corrected chi connectivity index (χ4v) is 3.67. The van der Waals surface area contributed by atoms with Crippen LogP contribution in [0.3, 0.4) is 0 Å². The monoisotopic (exact) mass is 350 g/mol. The van der Waals surface area contributed by atoms with Gasteiger partial charge in [-0.15, -0.1) is 0 Å².